The molecule has 0 atom stereocenters. The molecular weight excluding hydrogens is 428 g/mol. The zero-order valence-corrected chi connectivity index (χ0v) is 16.8. The van der Waals surface area contributed by atoms with Gasteiger partial charge in [0.05, 0.1) is 14.2 Å². The number of carbonyl (C=O) groups excluding carboxylic acids is 2. The van der Waals surface area contributed by atoms with Crippen LogP contribution in [-0.2, 0) is 14.3 Å². The molecular formula is C20H17BrN2O5. The van der Waals surface area contributed by atoms with E-state index in [1.54, 1.807) is 42.5 Å². The number of methoxy groups -OCH3 is 2. The molecule has 2 aromatic rings. The van der Waals surface area contributed by atoms with Gasteiger partial charge in [0.1, 0.15) is 11.6 Å². The van der Waals surface area contributed by atoms with Crippen LogP contribution in [0.1, 0.15) is 5.56 Å². The summed E-state index contributed by atoms with van der Waals surface area (Å²) in [5.41, 5.74) is 1.05. The lowest BCUT2D eigenvalue weighted by Gasteiger charge is -2.10. The number of benzene rings is 2. The number of ether oxygens (including phenoxy) is 3. The van der Waals surface area contributed by atoms with Crippen LogP contribution >= 0.6 is 15.9 Å². The molecule has 0 aliphatic rings. The first kappa shape index (κ1) is 21.0. The highest BCUT2D eigenvalue weighted by Crippen LogP contribution is 2.29. The maximum Gasteiger partial charge on any atom is 0.343 e. The zero-order chi connectivity index (χ0) is 20.5. The molecule has 8 heteroatoms. The molecule has 2 rings (SSSR count). The molecule has 2 aromatic carbocycles. The maximum absolute atomic E-state index is 12.3. The Hall–Kier alpha value is -3.31. The highest BCUT2D eigenvalue weighted by molar-refractivity contribution is 9.10. The first-order valence-corrected chi connectivity index (χ1v) is 8.82. The number of hydrogen-bond acceptors (Lipinski definition) is 6. The lowest BCUT2D eigenvalue weighted by molar-refractivity contribution is -0.142. The molecule has 28 heavy (non-hydrogen) atoms. The number of esters is 1. The van der Waals surface area contributed by atoms with Crippen molar-refractivity contribution in [1.82, 2.24) is 0 Å². The summed E-state index contributed by atoms with van der Waals surface area (Å²) in [6.07, 6.45) is 1.43. The predicted molar refractivity (Wildman–Crippen MR) is 107 cm³/mol. The van der Waals surface area contributed by atoms with Crippen molar-refractivity contribution in [3.8, 4) is 17.6 Å². The molecule has 1 N–H and O–H groups in total. The third-order valence-electron chi connectivity index (χ3n) is 3.54. The quantitative estimate of drug-likeness (QED) is 0.398. The van der Waals surface area contributed by atoms with Gasteiger partial charge in [-0.05, 0) is 48.0 Å². The fourth-order valence-corrected chi connectivity index (χ4v) is 2.40. The van der Waals surface area contributed by atoms with Crippen molar-refractivity contribution in [2.45, 2.75) is 0 Å². The van der Waals surface area contributed by atoms with Crippen molar-refractivity contribution in [3.05, 3.63) is 58.1 Å². The van der Waals surface area contributed by atoms with E-state index in [1.165, 1.54) is 20.3 Å². The van der Waals surface area contributed by atoms with Gasteiger partial charge < -0.3 is 19.5 Å². The molecule has 0 unspecified atom stereocenters. The van der Waals surface area contributed by atoms with Crippen LogP contribution in [-0.4, -0.2) is 32.7 Å². The average Bonchev–Trinajstić information content (AvgIpc) is 2.71. The Kier molecular flexibility index (Phi) is 7.60. The van der Waals surface area contributed by atoms with Crippen molar-refractivity contribution in [2.75, 3.05) is 26.1 Å². The number of hydrogen-bond donors (Lipinski definition) is 1. The van der Waals surface area contributed by atoms with E-state index in [1.807, 2.05) is 6.07 Å². The van der Waals surface area contributed by atoms with E-state index < -0.39 is 11.9 Å². The maximum atomic E-state index is 12.3. The van der Waals surface area contributed by atoms with Gasteiger partial charge >= 0.3 is 5.97 Å². The predicted octanol–water partition coefficient (Wildman–Crippen LogP) is 3.56. The second-order valence-corrected chi connectivity index (χ2v) is 6.32. The van der Waals surface area contributed by atoms with Crippen LogP contribution in [0.4, 0.5) is 5.69 Å². The summed E-state index contributed by atoms with van der Waals surface area (Å²) in [5.74, 6) is -0.372. The molecule has 0 spiro atoms. The smallest absolute Gasteiger partial charge is 0.343 e. The van der Waals surface area contributed by atoms with Crippen LogP contribution < -0.4 is 14.8 Å². The summed E-state index contributed by atoms with van der Waals surface area (Å²) in [6.45, 7) is -0.263. The van der Waals surface area contributed by atoms with E-state index in [-0.39, 0.29) is 12.2 Å². The number of nitrogens with zero attached hydrogens (tertiary/aromatic N) is 1. The van der Waals surface area contributed by atoms with Gasteiger partial charge in [0.25, 0.3) is 5.91 Å². The van der Waals surface area contributed by atoms with Gasteiger partial charge in [-0.25, -0.2) is 4.79 Å². The van der Waals surface area contributed by atoms with Crippen LogP contribution in [0.3, 0.4) is 0 Å². The van der Waals surface area contributed by atoms with Crippen molar-refractivity contribution in [3.63, 3.8) is 0 Å². The minimum Gasteiger partial charge on any atom is -0.493 e. The number of amides is 1. The highest BCUT2D eigenvalue weighted by atomic mass is 79.9. The fraction of sp³-hybridized carbons (Fsp3) is 0.150. The standard InChI is InChI=1S/C20H17BrN2O5/c1-26-18-10-13(3-8-17(18)28-12-19(24)27-2)9-14(11-22)20(25)23-16-6-4-15(21)5-7-16/h3-10H,12H2,1-2H3,(H,23,25)/b14-9-. The van der Waals surface area contributed by atoms with Crippen LogP contribution in [0.25, 0.3) is 6.08 Å². The number of nitrogens with one attached hydrogen (secondary N) is 1. The molecule has 0 saturated carbocycles. The third-order valence-corrected chi connectivity index (χ3v) is 4.07. The van der Waals surface area contributed by atoms with Gasteiger partial charge in [-0.2, -0.15) is 5.26 Å². The molecule has 0 aromatic heterocycles. The minimum atomic E-state index is -0.533. The number of carbonyl (C=O) groups is 2. The summed E-state index contributed by atoms with van der Waals surface area (Å²) in [4.78, 5) is 23.5. The topological polar surface area (TPSA) is 97.7 Å². The van der Waals surface area contributed by atoms with Crippen molar-refractivity contribution in [1.29, 1.82) is 5.26 Å². The van der Waals surface area contributed by atoms with Crippen LogP contribution in [0.5, 0.6) is 11.5 Å². The Morgan fingerprint density at radius 1 is 1.14 bits per heavy atom. The van der Waals surface area contributed by atoms with Crippen LogP contribution in [0.2, 0.25) is 0 Å². The Morgan fingerprint density at radius 3 is 2.46 bits per heavy atom. The number of anilines is 1. The van der Waals surface area contributed by atoms with Crippen molar-refractivity contribution in [2.24, 2.45) is 0 Å². The van der Waals surface area contributed by atoms with Crippen LogP contribution in [0, 0.1) is 11.3 Å². The van der Waals surface area contributed by atoms with E-state index in [2.05, 4.69) is 26.0 Å². The second-order valence-electron chi connectivity index (χ2n) is 5.41. The molecule has 0 aliphatic heterocycles. The second kappa shape index (κ2) is 10.1. The Balaban J connectivity index is 2.18. The molecule has 0 bridgehead atoms. The number of halogens is 1. The van der Waals surface area contributed by atoms with Crippen molar-refractivity contribution >= 4 is 39.6 Å². The average molecular weight is 445 g/mol. The largest absolute Gasteiger partial charge is 0.493 e. The molecule has 144 valence electrons. The normalized spacial score (nSPS) is 10.6. The van der Waals surface area contributed by atoms with Gasteiger partial charge in [0.2, 0.25) is 0 Å². The summed E-state index contributed by atoms with van der Waals surface area (Å²) < 4.78 is 16.0. The molecule has 0 fully saturated rings. The van der Waals surface area contributed by atoms with Gasteiger partial charge in [0.15, 0.2) is 18.1 Å². The van der Waals surface area contributed by atoms with Crippen molar-refractivity contribution < 1.29 is 23.8 Å². The number of rotatable bonds is 7. The third kappa shape index (κ3) is 5.86. The summed E-state index contributed by atoms with van der Waals surface area (Å²) in [6, 6.07) is 13.7. The number of nitriles is 1. The summed E-state index contributed by atoms with van der Waals surface area (Å²) in [5, 5.41) is 12.0. The van der Waals surface area contributed by atoms with Gasteiger partial charge in [-0.15, -0.1) is 0 Å². The summed E-state index contributed by atoms with van der Waals surface area (Å²) in [7, 11) is 2.71. The lowest BCUT2D eigenvalue weighted by Crippen LogP contribution is -2.13. The van der Waals surface area contributed by atoms with E-state index in [9.17, 15) is 14.9 Å². The first-order chi connectivity index (χ1) is 13.5. The SMILES string of the molecule is COC(=O)COc1ccc(/C=C(/C#N)C(=O)Nc2ccc(Br)cc2)cc1OC. The molecule has 7 nitrogen and oxygen atoms in total. The Labute approximate surface area is 170 Å². The minimum absolute atomic E-state index is 0.0757. The monoisotopic (exact) mass is 444 g/mol. The lowest BCUT2D eigenvalue weighted by atomic mass is 10.1. The van der Waals surface area contributed by atoms with Crippen LogP contribution in [0.15, 0.2) is 52.5 Å². The molecule has 0 heterocycles. The van der Waals surface area contributed by atoms with E-state index in [4.69, 9.17) is 9.47 Å². The Bertz CT molecular complexity index is 933. The first-order valence-electron chi connectivity index (χ1n) is 8.03. The van der Waals surface area contributed by atoms with E-state index in [0.717, 1.165) is 4.47 Å². The highest BCUT2D eigenvalue weighted by Gasteiger charge is 2.12. The zero-order valence-electron chi connectivity index (χ0n) is 15.2. The fourth-order valence-electron chi connectivity index (χ4n) is 2.14. The van der Waals surface area contributed by atoms with Gasteiger partial charge in [0, 0.05) is 10.2 Å². The van der Waals surface area contributed by atoms with Gasteiger partial charge in [-0.1, -0.05) is 22.0 Å². The van der Waals surface area contributed by atoms with Gasteiger partial charge in [-0.3, -0.25) is 4.79 Å². The molecule has 0 radical (unpaired) electrons. The summed E-state index contributed by atoms with van der Waals surface area (Å²) >= 11 is 3.32. The van der Waals surface area contributed by atoms with E-state index in [0.29, 0.717) is 22.7 Å². The molecule has 0 aliphatic carbocycles. The molecule has 1 amide bonds. The Morgan fingerprint density at radius 2 is 1.86 bits per heavy atom. The van der Waals surface area contributed by atoms with E-state index >= 15 is 0 Å². The molecule has 0 saturated heterocycles.